The van der Waals surface area contributed by atoms with E-state index in [1.165, 1.54) is 6.21 Å². The van der Waals surface area contributed by atoms with Crippen molar-refractivity contribution in [2.75, 3.05) is 6.54 Å². The second-order valence-electron chi connectivity index (χ2n) is 5.68. The molecule has 0 saturated carbocycles. The lowest BCUT2D eigenvalue weighted by atomic mass is 9.88. The lowest BCUT2D eigenvalue weighted by molar-refractivity contribution is -0.133. The molecular formula is C18H16IN3O3. The molecule has 3 rings (SSSR count). The maximum absolute atomic E-state index is 12.4. The number of hydrogen-bond donors (Lipinski definition) is 3. The Morgan fingerprint density at radius 1 is 1.28 bits per heavy atom. The second kappa shape index (κ2) is 7.64. The van der Waals surface area contributed by atoms with Gasteiger partial charge in [-0.2, -0.15) is 5.10 Å². The summed E-state index contributed by atoms with van der Waals surface area (Å²) in [6.07, 6.45) is 1.36. The van der Waals surface area contributed by atoms with Crippen LogP contribution in [0.4, 0.5) is 0 Å². The number of rotatable bonds is 4. The SMILES string of the molecule is O=C1NC[C@H](c2ccccc2)[C@H]1C(=O)N/N=C/c1cc(I)ccc1O. The minimum Gasteiger partial charge on any atom is -0.507 e. The van der Waals surface area contributed by atoms with Gasteiger partial charge in [0.15, 0.2) is 0 Å². The van der Waals surface area contributed by atoms with Crippen molar-refractivity contribution in [1.29, 1.82) is 0 Å². The molecule has 1 aliphatic rings. The molecule has 0 bridgehead atoms. The molecule has 2 amide bonds. The largest absolute Gasteiger partial charge is 0.507 e. The maximum Gasteiger partial charge on any atom is 0.253 e. The molecule has 1 heterocycles. The van der Waals surface area contributed by atoms with Crippen LogP contribution in [0, 0.1) is 9.49 Å². The van der Waals surface area contributed by atoms with Crippen LogP contribution in [0.2, 0.25) is 0 Å². The average Bonchev–Trinajstić information content (AvgIpc) is 3.00. The first-order valence-corrected chi connectivity index (χ1v) is 8.78. The van der Waals surface area contributed by atoms with E-state index in [9.17, 15) is 14.7 Å². The van der Waals surface area contributed by atoms with Gasteiger partial charge in [0, 0.05) is 21.6 Å². The Morgan fingerprint density at radius 3 is 2.80 bits per heavy atom. The first-order chi connectivity index (χ1) is 12.1. The highest BCUT2D eigenvalue weighted by Gasteiger charge is 2.40. The van der Waals surface area contributed by atoms with Crippen LogP contribution in [0.1, 0.15) is 17.0 Å². The topological polar surface area (TPSA) is 90.8 Å². The fourth-order valence-electron chi connectivity index (χ4n) is 2.80. The number of nitrogens with one attached hydrogen (secondary N) is 2. The summed E-state index contributed by atoms with van der Waals surface area (Å²) in [4.78, 5) is 24.5. The van der Waals surface area contributed by atoms with Gasteiger partial charge in [-0.3, -0.25) is 9.59 Å². The molecule has 2 aromatic rings. The van der Waals surface area contributed by atoms with Crippen molar-refractivity contribution < 1.29 is 14.7 Å². The summed E-state index contributed by atoms with van der Waals surface area (Å²) in [5.74, 6) is -1.76. The lowest BCUT2D eigenvalue weighted by Gasteiger charge is -2.15. The monoisotopic (exact) mass is 449 g/mol. The number of phenols is 1. The lowest BCUT2D eigenvalue weighted by Crippen LogP contribution is -2.34. The first-order valence-electron chi connectivity index (χ1n) is 7.70. The number of carbonyl (C=O) groups is 2. The highest BCUT2D eigenvalue weighted by atomic mass is 127. The molecule has 2 aromatic carbocycles. The van der Waals surface area contributed by atoms with Gasteiger partial charge in [-0.15, -0.1) is 0 Å². The molecule has 2 atom stereocenters. The fourth-order valence-corrected chi connectivity index (χ4v) is 3.31. The van der Waals surface area contributed by atoms with Crippen LogP contribution in [-0.4, -0.2) is 29.7 Å². The number of aromatic hydroxyl groups is 1. The summed E-state index contributed by atoms with van der Waals surface area (Å²) in [5.41, 5.74) is 3.83. The van der Waals surface area contributed by atoms with Crippen molar-refractivity contribution in [3.05, 3.63) is 63.2 Å². The fraction of sp³-hybridized carbons (Fsp3) is 0.167. The van der Waals surface area contributed by atoms with E-state index >= 15 is 0 Å². The molecule has 0 unspecified atom stereocenters. The smallest absolute Gasteiger partial charge is 0.253 e. The van der Waals surface area contributed by atoms with Crippen LogP contribution in [0.5, 0.6) is 5.75 Å². The van der Waals surface area contributed by atoms with Crippen molar-refractivity contribution in [3.63, 3.8) is 0 Å². The van der Waals surface area contributed by atoms with Gasteiger partial charge in [0.05, 0.1) is 6.21 Å². The molecule has 1 saturated heterocycles. The molecule has 0 aromatic heterocycles. The number of hydrazone groups is 1. The first kappa shape index (κ1) is 17.4. The summed E-state index contributed by atoms with van der Waals surface area (Å²) < 4.78 is 0.933. The second-order valence-corrected chi connectivity index (χ2v) is 6.92. The zero-order valence-corrected chi connectivity index (χ0v) is 15.3. The zero-order chi connectivity index (χ0) is 17.8. The number of hydrogen-bond acceptors (Lipinski definition) is 4. The van der Waals surface area contributed by atoms with Crippen LogP contribution in [0.25, 0.3) is 0 Å². The highest BCUT2D eigenvalue weighted by molar-refractivity contribution is 14.1. The van der Waals surface area contributed by atoms with E-state index < -0.39 is 11.8 Å². The zero-order valence-electron chi connectivity index (χ0n) is 13.1. The number of amides is 2. The van der Waals surface area contributed by atoms with Gasteiger partial charge in [-0.1, -0.05) is 30.3 Å². The van der Waals surface area contributed by atoms with E-state index in [1.54, 1.807) is 18.2 Å². The van der Waals surface area contributed by atoms with Crippen molar-refractivity contribution in [2.45, 2.75) is 5.92 Å². The molecule has 7 heteroatoms. The molecule has 25 heavy (non-hydrogen) atoms. The highest BCUT2D eigenvalue weighted by Crippen LogP contribution is 2.29. The van der Waals surface area contributed by atoms with Gasteiger partial charge in [0.2, 0.25) is 5.91 Å². The van der Waals surface area contributed by atoms with E-state index in [-0.39, 0.29) is 17.6 Å². The van der Waals surface area contributed by atoms with E-state index in [0.717, 1.165) is 9.13 Å². The maximum atomic E-state index is 12.4. The van der Waals surface area contributed by atoms with Crippen LogP contribution < -0.4 is 10.7 Å². The molecule has 0 radical (unpaired) electrons. The average molecular weight is 449 g/mol. The Hall–Kier alpha value is -2.42. The van der Waals surface area contributed by atoms with Crippen LogP contribution in [0.3, 0.4) is 0 Å². The van der Waals surface area contributed by atoms with Crippen molar-refractivity contribution in [2.24, 2.45) is 11.0 Å². The number of nitrogens with zero attached hydrogens (tertiary/aromatic N) is 1. The van der Waals surface area contributed by atoms with E-state index in [0.29, 0.717) is 12.1 Å². The molecule has 0 spiro atoms. The summed E-state index contributed by atoms with van der Waals surface area (Å²) >= 11 is 2.12. The minimum atomic E-state index is -0.830. The van der Waals surface area contributed by atoms with E-state index in [2.05, 4.69) is 38.4 Å². The molecular weight excluding hydrogens is 433 g/mol. The number of halogens is 1. The molecule has 0 aliphatic carbocycles. The van der Waals surface area contributed by atoms with Crippen molar-refractivity contribution >= 4 is 40.6 Å². The Bertz CT molecular complexity index is 824. The Kier molecular flexibility index (Phi) is 5.32. The van der Waals surface area contributed by atoms with Crippen LogP contribution in [0.15, 0.2) is 53.6 Å². The summed E-state index contributed by atoms with van der Waals surface area (Å²) in [5, 5.41) is 16.4. The van der Waals surface area contributed by atoms with Gasteiger partial charge >= 0.3 is 0 Å². The Labute approximate surface area is 158 Å². The molecule has 128 valence electrons. The predicted molar refractivity (Wildman–Crippen MR) is 102 cm³/mol. The molecule has 1 aliphatic heterocycles. The summed E-state index contributed by atoms with van der Waals surface area (Å²) in [7, 11) is 0. The van der Waals surface area contributed by atoms with Crippen molar-refractivity contribution in [3.8, 4) is 5.75 Å². The van der Waals surface area contributed by atoms with Crippen LogP contribution in [-0.2, 0) is 9.59 Å². The van der Waals surface area contributed by atoms with Crippen molar-refractivity contribution in [1.82, 2.24) is 10.7 Å². The van der Waals surface area contributed by atoms with Gasteiger partial charge in [0.25, 0.3) is 5.91 Å². The molecule has 3 N–H and O–H groups in total. The molecule has 1 fully saturated rings. The van der Waals surface area contributed by atoms with Gasteiger partial charge in [0.1, 0.15) is 11.7 Å². The van der Waals surface area contributed by atoms with Gasteiger partial charge in [-0.05, 0) is 46.4 Å². The third kappa shape index (κ3) is 3.98. The summed E-state index contributed by atoms with van der Waals surface area (Å²) in [6.45, 7) is 0.419. The minimum absolute atomic E-state index is 0.0687. The number of carbonyl (C=O) groups excluding carboxylic acids is 2. The third-order valence-electron chi connectivity index (χ3n) is 4.06. The third-order valence-corrected chi connectivity index (χ3v) is 4.73. The van der Waals surface area contributed by atoms with Gasteiger partial charge < -0.3 is 10.4 Å². The predicted octanol–water partition coefficient (Wildman–Crippen LogP) is 1.98. The summed E-state index contributed by atoms with van der Waals surface area (Å²) in [6, 6.07) is 14.5. The Balaban J connectivity index is 1.72. The quantitative estimate of drug-likeness (QED) is 0.289. The van der Waals surface area contributed by atoms with Gasteiger partial charge in [-0.25, -0.2) is 5.43 Å². The Morgan fingerprint density at radius 2 is 2.04 bits per heavy atom. The van der Waals surface area contributed by atoms with Crippen LogP contribution >= 0.6 is 22.6 Å². The number of benzene rings is 2. The molecule has 6 nitrogen and oxygen atoms in total. The normalized spacial score (nSPS) is 19.8. The van der Waals surface area contributed by atoms with E-state index in [1.807, 2.05) is 30.3 Å². The number of phenolic OH excluding ortho intramolecular Hbond substituents is 1. The standard InChI is InChI=1S/C18H16IN3O3/c19-13-6-7-15(23)12(8-13)9-21-22-18(25)16-14(10-20-17(16)24)11-4-2-1-3-5-11/h1-9,14,16,23H,10H2,(H,20,24)(H,22,25)/b21-9+/t14-,16-/m1/s1. The van der Waals surface area contributed by atoms with E-state index in [4.69, 9.17) is 0 Å².